The average molecular weight is 277 g/mol. The zero-order valence-corrected chi connectivity index (χ0v) is 12.2. The minimum atomic E-state index is -0.709. The van der Waals surface area contributed by atoms with Gasteiger partial charge in [-0.25, -0.2) is 0 Å². The minimum absolute atomic E-state index is 0.164. The van der Waals surface area contributed by atoms with Crippen molar-refractivity contribution < 1.29 is 14.6 Å². The van der Waals surface area contributed by atoms with Crippen molar-refractivity contribution in [1.82, 2.24) is 4.90 Å². The molecule has 1 unspecified atom stereocenters. The molecule has 4 heteroatoms. The van der Waals surface area contributed by atoms with Gasteiger partial charge in [0.25, 0.3) is 0 Å². The highest BCUT2D eigenvalue weighted by atomic mass is 16.5. The van der Waals surface area contributed by atoms with Gasteiger partial charge in [0.2, 0.25) is 0 Å². The lowest BCUT2D eigenvalue weighted by Gasteiger charge is -2.23. The van der Waals surface area contributed by atoms with Crippen molar-refractivity contribution in [1.29, 1.82) is 0 Å². The fourth-order valence-corrected chi connectivity index (χ4v) is 2.76. The van der Waals surface area contributed by atoms with Crippen LogP contribution in [0.3, 0.4) is 0 Å². The highest BCUT2D eigenvalue weighted by Gasteiger charge is 2.26. The molecule has 0 saturated carbocycles. The molecule has 4 nitrogen and oxygen atoms in total. The molecule has 1 aromatic rings. The smallest absolute Gasteiger partial charge is 0.304 e. The summed E-state index contributed by atoms with van der Waals surface area (Å²) in [6, 6.07) is 8.25. The Kier molecular flexibility index (Phi) is 5.01. The molecule has 0 amide bonds. The van der Waals surface area contributed by atoms with Crippen LogP contribution in [0.5, 0.6) is 5.75 Å². The summed E-state index contributed by atoms with van der Waals surface area (Å²) in [5.74, 6) is 0.172. The molecule has 0 bridgehead atoms. The van der Waals surface area contributed by atoms with Crippen LogP contribution < -0.4 is 4.74 Å². The van der Waals surface area contributed by atoms with Crippen LogP contribution in [0.25, 0.3) is 0 Å². The van der Waals surface area contributed by atoms with Gasteiger partial charge in [-0.05, 0) is 50.9 Å². The average Bonchev–Trinajstić information content (AvgIpc) is 2.75. The topological polar surface area (TPSA) is 49.8 Å². The molecule has 1 aromatic carbocycles. The number of ether oxygens (including phenoxy) is 1. The number of carboxylic acids is 1. The molecule has 1 N–H and O–H groups in total. The van der Waals surface area contributed by atoms with E-state index in [0.29, 0.717) is 0 Å². The molecule has 20 heavy (non-hydrogen) atoms. The van der Waals surface area contributed by atoms with E-state index in [4.69, 9.17) is 9.84 Å². The second-order valence-corrected chi connectivity index (χ2v) is 5.68. The second-order valence-electron chi connectivity index (χ2n) is 5.68. The number of aliphatic carboxylic acids is 1. The first-order valence-corrected chi connectivity index (χ1v) is 7.26. The summed E-state index contributed by atoms with van der Waals surface area (Å²) in [4.78, 5) is 13.1. The van der Waals surface area contributed by atoms with Crippen molar-refractivity contribution in [3.8, 4) is 5.75 Å². The van der Waals surface area contributed by atoms with Crippen LogP contribution in [0.1, 0.15) is 38.7 Å². The van der Waals surface area contributed by atoms with E-state index in [1.54, 1.807) is 0 Å². The summed E-state index contributed by atoms with van der Waals surface area (Å²) in [5.41, 5.74) is 1.18. The summed E-state index contributed by atoms with van der Waals surface area (Å²) in [5, 5.41) is 8.95. The molecule has 2 rings (SSSR count). The van der Waals surface area contributed by atoms with Crippen molar-refractivity contribution in [3.05, 3.63) is 29.8 Å². The maximum atomic E-state index is 10.9. The largest absolute Gasteiger partial charge is 0.491 e. The highest BCUT2D eigenvalue weighted by molar-refractivity contribution is 5.67. The van der Waals surface area contributed by atoms with E-state index < -0.39 is 5.97 Å². The first-order chi connectivity index (χ1) is 9.54. The predicted octanol–water partition coefficient (Wildman–Crippen LogP) is 2.91. The first kappa shape index (κ1) is 14.9. The molecule has 0 radical (unpaired) electrons. The molecule has 1 fully saturated rings. The maximum absolute atomic E-state index is 10.9. The van der Waals surface area contributed by atoms with Crippen molar-refractivity contribution in [2.75, 3.05) is 6.54 Å². The lowest BCUT2D eigenvalue weighted by Crippen LogP contribution is -2.30. The molecule has 1 atom stereocenters. The van der Waals surface area contributed by atoms with E-state index in [1.165, 1.54) is 5.56 Å². The Morgan fingerprint density at radius 2 is 2.30 bits per heavy atom. The van der Waals surface area contributed by atoms with Crippen LogP contribution in [-0.4, -0.2) is 34.7 Å². The molecule has 1 saturated heterocycles. The quantitative estimate of drug-likeness (QED) is 0.868. The third-order valence-corrected chi connectivity index (χ3v) is 3.57. The molecular weight excluding hydrogens is 254 g/mol. The Morgan fingerprint density at radius 3 is 3.00 bits per heavy atom. The van der Waals surface area contributed by atoms with E-state index in [-0.39, 0.29) is 18.6 Å². The van der Waals surface area contributed by atoms with E-state index in [1.807, 2.05) is 26.0 Å². The minimum Gasteiger partial charge on any atom is -0.491 e. The van der Waals surface area contributed by atoms with Gasteiger partial charge in [0.05, 0.1) is 12.5 Å². The van der Waals surface area contributed by atoms with Crippen molar-refractivity contribution in [3.63, 3.8) is 0 Å². The van der Waals surface area contributed by atoms with Crippen molar-refractivity contribution >= 4 is 5.97 Å². The third kappa shape index (κ3) is 4.23. The van der Waals surface area contributed by atoms with E-state index >= 15 is 0 Å². The molecule has 0 aliphatic carbocycles. The van der Waals surface area contributed by atoms with Crippen molar-refractivity contribution in [2.45, 2.75) is 51.8 Å². The molecule has 1 heterocycles. The number of hydrogen-bond acceptors (Lipinski definition) is 3. The molecular formula is C16H23NO3. The summed E-state index contributed by atoms with van der Waals surface area (Å²) in [6.45, 7) is 5.80. The summed E-state index contributed by atoms with van der Waals surface area (Å²) in [7, 11) is 0. The molecule has 1 aliphatic heterocycles. The fourth-order valence-electron chi connectivity index (χ4n) is 2.76. The Bertz CT molecular complexity index is 459. The Balaban J connectivity index is 2.00. The van der Waals surface area contributed by atoms with Crippen LogP contribution in [0.4, 0.5) is 0 Å². The molecule has 0 spiro atoms. The molecule has 1 aliphatic rings. The van der Waals surface area contributed by atoms with E-state index in [9.17, 15) is 4.79 Å². The lowest BCUT2D eigenvalue weighted by molar-refractivity contribution is -0.138. The van der Waals surface area contributed by atoms with E-state index in [2.05, 4.69) is 17.0 Å². The summed E-state index contributed by atoms with van der Waals surface area (Å²) in [6.07, 6.45) is 2.47. The number of benzene rings is 1. The summed E-state index contributed by atoms with van der Waals surface area (Å²) < 4.78 is 5.70. The standard InChI is InChI=1S/C16H23NO3/c1-12(2)20-15-7-3-5-13(9-15)11-17-8-4-6-14(17)10-16(18)19/h3,5,7,9,12,14H,4,6,8,10-11H2,1-2H3,(H,18,19). The van der Waals surface area contributed by atoms with Gasteiger partial charge in [-0.2, -0.15) is 0 Å². The van der Waals surface area contributed by atoms with Crippen LogP contribution >= 0.6 is 0 Å². The lowest BCUT2D eigenvalue weighted by atomic mass is 10.1. The zero-order valence-electron chi connectivity index (χ0n) is 12.2. The van der Waals surface area contributed by atoms with Gasteiger partial charge in [-0.3, -0.25) is 9.69 Å². The van der Waals surface area contributed by atoms with E-state index in [0.717, 1.165) is 31.7 Å². The van der Waals surface area contributed by atoms with Gasteiger partial charge in [-0.1, -0.05) is 12.1 Å². The van der Waals surface area contributed by atoms with Gasteiger partial charge in [0.15, 0.2) is 0 Å². The number of carbonyl (C=O) groups is 1. The summed E-state index contributed by atoms with van der Waals surface area (Å²) >= 11 is 0. The van der Waals surface area contributed by atoms with Crippen LogP contribution in [-0.2, 0) is 11.3 Å². The van der Waals surface area contributed by atoms with Crippen LogP contribution in [0.15, 0.2) is 24.3 Å². The second kappa shape index (κ2) is 6.75. The zero-order chi connectivity index (χ0) is 14.5. The molecule has 0 aromatic heterocycles. The van der Waals surface area contributed by atoms with Gasteiger partial charge in [0.1, 0.15) is 5.75 Å². The number of hydrogen-bond donors (Lipinski definition) is 1. The van der Waals surface area contributed by atoms with Crippen molar-refractivity contribution in [2.24, 2.45) is 0 Å². The fraction of sp³-hybridized carbons (Fsp3) is 0.562. The Hall–Kier alpha value is -1.55. The molecule has 110 valence electrons. The van der Waals surface area contributed by atoms with Crippen LogP contribution in [0, 0.1) is 0 Å². The number of carboxylic acid groups (broad SMARTS) is 1. The number of nitrogens with zero attached hydrogens (tertiary/aromatic N) is 1. The Morgan fingerprint density at radius 1 is 1.50 bits per heavy atom. The van der Waals surface area contributed by atoms with Gasteiger partial charge in [0, 0.05) is 12.6 Å². The van der Waals surface area contributed by atoms with Crippen LogP contribution in [0.2, 0.25) is 0 Å². The predicted molar refractivity (Wildman–Crippen MR) is 77.9 cm³/mol. The van der Waals surface area contributed by atoms with Gasteiger partial charge >= 0.3 is 5.97 Å². The normalized spacial score (nSPS) is 19.4. The number of likely N-dealkylation sites (tertiary alicyclic amines) is 1. The number of rotatable bonds is 6. The van der Waals surface area contributed by atoms with Gasteiger partial charge < -0.3 is 9.84 Å². The van der Waals surface area contributed by atoms with Gasteiger partial charge in [-0.15, -0.1) is 0 Å². The maximum Gasteiger partial charge on any atom is 0.304 e. The Labute approximate surface area is 120 Å². The SMILES string of the molecule is CC(C)Oc1cccc(CN2CCCC2CC(=O)O)c1. The highest BCUT2D eigenvalue weighted by Crippen LogP contribution is 2.24. The monoisotopic (exact) mass is 277 g/mol. The first-order valence-electron chi connectivity index (χ1n) is 7.26. The third-order valence-electron chi connectivity index (χ3n) is 3.57.